The molecule has 0 unspecified atom stereocenters. The van der Waals surface area contributed by atoms with Crippen molar-refractivity contribution in [1.29, 1.82) is 0 Å². The molecule has 7 nitrogen and oxygen atoms in total. The molecule has 4 rings (SSSR count). The van der Waals surface area contributed by atoms with Crippen LogP contribution in [-0.2, 0) is 0 Å². The Bertz CT molecular complexity index is 1080. The quantitative estimate of drug-likeness (QED) is 0.521. The molecule has 1 fully saturated rings. The second-order valence-corrected chi connectivity index (χ2v) is 7.82. The van der Waals surface area contributed by atoms with Crippen LogP contribution < -0.4 is 15.5 Å². The molecule has 164 valence electrons. The monoisotopic (exact) mass is 448 g/mol. The van der Waals surface area contributed by atoms with E-state index in [1.54, 1.807) is 24.4 Å². The van der Waals surface area contributed by atoms with Crippen LogP contribution in [-0.4, -0.2) is 53.5 Å². The number of aromatic nitrogens is 2. The fraction of sp³-hybridized carbons (Fsp3) is 0.208. The first-order valence-corrected chi connectivity index (χ1v) is 10.8. The molecular weight excluding hydrogens is 424 g/mol. The summed E-state index contributed by atoms with van der Waals surface area (Å²) in [6, 6.07) is 16.3. The van der Waals surface area contributed by atoms with Crippen LogP contribution in [0.2, 0.25) is 5.02 Å². The van der Waals surface area contributed by atoms with E-state index in [0.29, 0.717) is 28.0 Å². The van der Waals surface area contributed by atoms with Crippen molar-refractivity contribution in [3.63, 3.8) is 0 Å². The van der Waals surface area contributed by atoms with E-state index < -0.39 is 0 Å². The van der Waals surface area contributed by atoms with Crippen LogP contribution in [0.4, 0.5) is 23.0 Å². The van der Waals surface area contributed by atoms with Crippen molar-refractivity contribution in [3.8, 4) is 0 Å². The van der Waals surface area contributed by atoms with Crippen LogP contribution in [0.25, 0.3) is 0 Å². The zero-order valence-corrected chi connectivity index (χ0v) is 18.4. The minimum Gasteiger partial charge on any atom is -0.366 e. The Labute approximate surface area is 192 Å². The molecule has 0 atom stereocenters. The maximum absolute atomic E-state index is 13.0. The fourth-order valence-electron chi connectivity index (χ4n) is 3.66. The number of nitrogens with zero attached hydrogens (tertiary/aromatic N) is 4. The average Bonchev–Trinajstić information content (AvgIpc) is 2.81. The lowest BCUT2D eigenvalue weighted by Gasteiger charge is -2.36. The first-order chi connectivity index (χ1) is 15.6. The van der Waals surface area contributed by atoms with Gasteiger partial charge in [0.25, 0.3) is 5.91 Å². The Morgan fingerprint density at radius 3 is 2.56 bits per heavy atom. The van der Waals surface area contributed by atoms with Crippen molar-refractivity contribution < 1.29 is 4.79 Å². The highest BCUT2D eigenvalue weighted by atomic mass is 35.5. The molecule has 2 aromatic heterocycles. The van der Waals surface area contributed by atoms with Crippen LogP contribution in [0.5, 0.6) is 0 Å². The van der Waals surface area contributed by atoms with Gasteiger partial charge in [0.15, 0.2) is 0 Å². The summed E-state index contributed by atoms with van der Waals surface area (Å²) in [4.78, 5) is 26.2. The number of nitrogens with one attached hydrogen (secondary N) is 2. The molecule has 3 aromatic rings. The third-order valence-corrected chi connectivity index (χ3v) is 5.52. The molecule has 0 bridgehead atoms. The zero-order chi connectivity index (χ0) is 22.3. The Morgan fingerprint density at radius 2 is 1.81 bits per heavy atom. The lowest BCUT2D eigenvalue weighted by Crippen LogP contribution is -2.46. The summed E-state index contributed by atoms with van der Waals surface area (Å²) < 4.78 is 0. The lowest BCUT2D eigenvalue weighted by atomic mass is 10.2. The standard InChI is InChI=1S/C24H25ClN6O/c1-2-13-30-14-16-31(17-15-30)23-18(25)7-5-8-19(23)28-24(32)20-9-6-11-22(27-20)29-21-10-3-4-12-26-21/h2-12H,1,13-17H2,(H,28,32)(H,26,27,29). The van der Waals surface area contributed by atoms with Gasteiger partial charge in [0, 0.05) is 38.9 Å². The predicted molar refractivity (Wildman–Crippen MR) is 130 cm³/mol. The summed E-state index contributed by atoms with van der Waals surface area (Å²) in [7, 11) is 0. The lowest BCUT2D eigenvalue weighted by molar-refractivity contribution is 0.102. The van der Waals surface area contributed by atoms with E-state index in [1.807, 2.05) is 42.5 Å². The average molecular weight is 449 g/mol. The van der Waals surface area contributed by atoms with Crippen molar-refractivity contribution in [2.75, 3.05) is 48.3 Å². The van der Waals surface area contributed by atoms with Gasteiger partial charge in [0.05, 0.1) is 16.4 Å². The molecule has 2 N–H and O–H groups in total. The number of anilines is 4. The summed E-state index contributed by atoms with van der Waals surface area (Å²) in [5.41, 5.74) is 1.81. The normalized spacial score (nSPS) is 14.1. The third-order valence-electron chi connectivity index (χ3n) is 5.21. The van der Waals surface area contributed by atoms with Crippen molar-refractivity contribution in [1.82, 2.24) is 14.9 Å². The first kappa shape index (κ1) is 21.8. The topological polar surface area (TPSA) is 73.4 Å². The van der Waals surface area contributed by atoms with E-state index in [0.717, 1.165) is 38.4 Å². The number of rotatable bonds is 7. The highest BCUT2D eigenvalue weighted by Gasteiger charge is 2.22. The second-order valence-electron chi connectivity index (χ2n) is 7.41. The third kappa shape index (κ3) is 5.25. The minimum atomic E-state index is -0.302. The van der Waals surface area contributed by atoms with Crippen LogP contribution in [0.3, 0.4) is 0 Å². The minimum absolute atomic E-state index is 0.299. The number of hydrogen-bond acceptors (Lipinski definition) is 6. The van der Waals surface area contributed by atoms with Crippen molar-refractivity contribution in [3.05, 3.63) is 84.2 Å². The van der Waals surface area contributed by atoms with E-state index in [2.05, 4.69) is 37.0 Å². The molecule has 0 radical (unpaired) electrons. The van der Waals surface area contributed by atoms with Gasteiger partial charge in [-0.15, -0.1) is 6.58 Å². The number of para-hydroxylation sites is 1. The Morgan fingerprint density at radius 1 is 1.03 bits per heavy atom. The van der Waals surface area contributed by atoms with Gasteiger partial charge >= 0.3 is 0 Å². The van der Waals surface area contributed by atoms with E-state index >= 15 is 0 Å². The van der Waals surface area contributed by atoms with Crippen LogP contribution in [0.1, 0.15) is 10.5 Å². The zero-order valence-electron chi connectivity index (χ0n) is 17.7. The van der Waals surface area contributed by atoms with Crippen LogP contribution in [0, 0.1) is 0 Å². The number of pyridine rings is 2. The fourth-order valence-corrected chi connectivity index (χ4v) is 3.95. The van der Waals surface area contributed by atoms with Crippen LogP contribution >= 0.6 is 11.6 Å². The van der Waals surface area contributed by atoms with Crippen molar-refractivity contribution in [2.45, 2.75) is 0 Å². The van der Waals surface area contributed by atoms with Crippen molar-refractivity contribution >= 4 is 40.5 Å². The van der Waals surface area contributed by atoms with Gasteiger partial charge in [0.2, 0.25) is 0 Å². The summed E-state index contributed by atoms with van der Waals surface area (Å²) in [6.45, 7) is 8.15. The molecule has 1 saturated heterocycles. The molecule has 1 aliphatic heterocycles. The van der Waals surface area contributed by atoms with E-state index in [-0.39, 0.29) is 5.91 Å². The van der Waals surface area contributed by atoms with E-state index in [9.17, 15) is 4.79 Å². The molecule has 1 amide bonds. The number of benzene rings is 1. The summed E-state index contributed by atoms with van der Waals surface area (Å²) in [5, 5.41) is 6.71. The Hall–Kier alpha value is -3.42. The van der Waals surface area contributed by atoms with Gasteiger partial charge in [-0.2, -0.15) is 0 Å². The first-order valence-electron chi connectivity index (χ1n) is 10.5. The molecule has 3 heterocycles. The number of hydrogen-bond donors (Lipinski definition) is 2. The van der Waals surface area contributed by atoms with E-state index in [4.69, 9.17) is 11.6 Å². The Kier molecular flexibility index (Phi) is 6.99. The summed E-state index contributed by atoms with van der Waals surface area (Å²) in [6.07, 6.45) is 3.61. The highest BCUT2D eigenvalue weighted by Crippen LogP contribution is 2.35. The molecule has 8 heteroatoms. The maximum atomic E-state index is 13.0. The highest BCUT2D eigenvalue weighted by molar-refractivity contribution is 6.34. The van der Waals surface area contributed by atoms with Gasteiger partial charge < -0.3 is 15.5 Å². The number of halogens is 1. The largest absolute Gasteiger partial charge is 0.366 e. The predicted octanol–water partition coefficient (Wildman–Crippen LogP) is 4.43. The van der Waals surface area contributed by atoms with Gasteiger partial charge in [-0.25, -0.2) is 9.97 Å². The Balaban J connectivity index is 1.50. The number of carbonyl (C=O) groups excluding carboxylic acids is 1. The molecule has 0 saturated carbocycles. The maximum Gasteiger partial charge on any atom is 0.274 e. The van der Waals surface area contributed by atoms with Gasteiger partial charge in [-0.05, 0) is 36.4 Å². The molecular formula is C24H25ClN6O. The molecule has 0 spiro atoms. The summed E-state index contributed by atoms with van der Waals surface area (Å²) in [5.74, 6) is 0.898. The van der Waals surface area contributed by atoms with Gasteiger partial charge in [0.1, 0.15) is 17.3 Å². The van der Waals surface area contributed by atoms with Gasteiger partial charge in [-0.3, -0.25) is 9.69 Å². The second kappa shape index (κ2) is 10.3. The number of carbonyl (C=O) groups is 1. The molecule has 32 heavy (non-hydrogen) atoms. The summed E-state index contributed by atoms with van der Waals surface area (Å²) >= 11 is 6.55. The van der Waals surface area contributed by atoms with Gasteiger partial charge in [-0.1, -0.05) is 35.9 Å². The SMILES string of the molecule is C=CCN1CCN(c2c(Cl)cccc2NC(=O)c2cccc(Nc3ccccn3)n2)CC1. The molecule has 0 aliphatic carbocycles. The van der Waals surface area contributed by atoms with E-state index in [1.165, 1.54) is 0 Å². The number of amides is 1. The van der Waals surface area contributed by atoms with Crippen LogP contribution in [0.15, 0.2) is 73.4 Å². The van der Waals surface area contributed by atoms with Crippen molar-refractivity contribution in [2.24, 2.45) is 0 Å². The smallest absolute Gasteiger partial charge is 0.274 e. The molecule has 1 aliphatic rings. The molecule has 1 aromatic carbocycles. The number of piperazine rings is 1.